The van der Waals surface area contributed by atoms with E-state index in [0.717, 1.165) is 23.0 Å². The van der Waals surface area contributed by atoms with E-state index < -0.39 is 4.71 Å². The van der Waals surface area contributed by atoms with Crippen LogP contribution < -0.4 is 18.9 Å². The average Bonchev–Trinajstić information content (AvgIpc) is 2.67. The first-order valence-electron chi connectivity index (χ1n) is 8.22. The fourth-order valence-electron chi connectivity index (χ4n) is 2.23. The van der Waals surface area contributed by atoms with Crippen LogP contribution >= 0.6 is 0 Å². The molecule has 2 aromatic carbocycles. The van der Waals surface area contributed by atoms with Gasteiger partial charge in [0.2, 0.25) is 0 Å². The summed E-state index contributed by atoms with van der Waals surface area (Å²) in [7, 11) is 3.27. The van der Waals surface area contributed by atoms with Crippen molar-refractivity contribution in [2.45, 2.75) is 4.71 Å². The van der Waals surface area contributed by atoms with Crippen LogP contribution in [0.3, 0.4) is 0 Å². The number of methoxy groups -OCH3 is 2. The van der Waals surface area contributed by atoms with Crippen molar-refractivity contribution in [3.8, 4) is 23.0 Å². The molecule has 0 N–H and O–H groups in total. The van der Waals surface area contributed by atoms with Gasteiger partial charge in [-0.15, -0.1) is 0 Å². The van der Waals surface area contributed by atoms with Crippen molar-refractivity contribution in [2.75, 3.05) is 40.5 Å². The number of benzene rings is 2. The summed E-state index contributed by atoms with van der Waals surface area (Å²) in [6, 6.07) is 14.9. The normalized spacial score (nSPS) is 10.4. The molecule has 0 amide bonds. The molecule has 27 heavy (non-hydrogen) atoms. The van der Waals surface area contributed by atoms with Crippen LogP contribution in [0.25, 0.3) is 0 Å². The first-order valence-corrected chi connectivity index (χ1v) is 9.16. The van der Waals surface area contributed by atoms with E-state index in [0.29, 0.717) is 26.3 Å². The van der Waals surface area contributed by atoms with Gasteiger partial charge in [0, 0.05) is 35.5 Å². The van der Waals surface area contributed by atoms with Gasteiger partial charge in [-0.05, 0) is 48.5 Å². The van der Waals surface area contributed by atoms with Gasteiger partial charge < -0.3 is 49.1 Å². The van der Waals surface area contributed by atoms with Gasteiger partial charge in [-0.2, -0.15) is 0 Å². The van der Waals surface area contributed by atoms with Gasteiger partial charge in [0.25, 0.3) is 0 Å². The van der Waals surface area contributed by atoms with Crippen LogP contribution in [-0.4, -0.2) is 50.1 Å². The van der Waals surface area contributed by atoms with Gasteiger partial charge >= 0.3 is 0 Å². The third kappa shape index (κ3) is 8.72. The average molecular weight is 590 g/mol. The van der Waals surface area contributed by atoms with Crippen LogP contribution in [0.15, 0.2) is 48.5 Å². The molecule has 2 aromatic rings. The SMILES string of the molecule is COc1ccc(OCCN(CCOc2ccc(OC)cc2)C([S-])[S-])cc1.[Au]. The molecule has 0 bridgehead atoms. The molecule has 0 atom stereocenters. The van der Waals surface area contributed by atoms with Gasteiger partial charge in [0.15, 0.2) is 0 Å². The van der Waals surface area contributed by atoms with Crippen molar-refractivity contribution in [3.05, 3.63) is 48.5 Å². The molecule has 0 aliphatic carbocycles. The van der Waals surface area contributed by atoms with Crippen LogP contribution in [0.2, 0.25) is 0 Å². The predicted molar refractivity (Wildman–Crippen MR) is 107 cm³/mol. The summed E-state index contributed by atoms with van der Waals surface area (Å²) in [6.07, 6.45) is 0. The largest absolute Gasteiger partial charge is 0.800 e. The Morgan fingerprint density at radius 1 is 0.704 bits per heavy atom. The first kappa shape index (κ1) is 24.1. The Bertz CT molecular complexity index is 588. The Labute approximate surface area is 187 Å². The minimum Gasteiger partial charge on any atom is -0.800 e. The third-order valence-corrected chi connectivity index (χ3v) is 4.31. The monoisotopic (exact) mass is 590 g/mol. The Hall–Kier alpha value is -0.960. The summed E-state index contributed by atoms with van der Waals surface area (Å²) < 4.78 is 21.3. The van der Waals surface area contributed by atoms with Gasteiger partial charge in [-0.1, -0.05) is 0 Å². The number of rotatable bonds is 11. The molecule has 0 aliphatic heterocycles. The quantitative estimate of drug-likeness (QED) is 0.295. The van der Waals surface area contributed by atoms with Crippen LogP contribution in [0.4, 0.5) is 0 Å². The van der Waals surface area contributed by atoms with Crippen molar-refractivity contribution in [2.24, 2.45) is 0 Å². The summed E-state index contributed by atoms with van der Waals surface area (Å²) in [6.45, 7) is 2.27. The number of nitrogens with zero attached hydrogens (tertiary/aromatic N) is 1. The summed E-state index contributed by atoms with van der Waals surface area (Å²) >= 11 is 10.4. The van der Waals surface area contributed by atoms with E-state index in [1.165, 1.54) is 0 Å². The maximum absolute atomic E-state index is 5.73. The molecule has 0 aliphatic rings. The minimum atomic E-state index is -0.408. The molecular formula is C19H23AuNO4S2-2. The maximum atomic E-state index is 5.73. The van der Waals surface area contributed by atoms with E-state index in [9.17, 15) is 0 Å². The van der Waals surface area contributed by atoms with E-state index in [4.69, 9.17) is 44.2 Å². The molecule has 0 unspecified atom stereocenters. The molecule has 153 valence electrons. The summed E-state index contributed by atoms with van der Waals surface area (Å²) in [5.74, 6) is 3.16. The van der Waals surface area contributed by atoms with Crippen LogP contribution in [0.5, 0.6) is 23.0 Å². The molecule has 2 rings (SSSR count). The number of ether oxygens (including phenoxy) is 4. The third-order valence-electron chi connectivity index (χ3n) is 3.71. The van der Waals surface area contributed by atoms with Crippen LogP contribution in [-0.2, 0) is 47.6 Å². The second-order valence-electron chi connectivity index (χ2n) is 5.39. The Morgan fingerprint density at radius 3 is 1.33 bits per heavy atom. The van der Waals surface area contributed by atoms with Crippen molar-refractivity contribution >= 4 is 25.3 Å². The standard InChI is InChI=1S/C19H25NO4S2.Au/c1-21-15-3-7-17(8-4-15)23-13-11-20(19(25)26)12-14-24-18-9-5-16(22-2)6-10-18;/h3-10,19,25-26H,11-14H2,1-2H3;/p-2. The van der Waals surface area contributed by atoms with E-state index in [2.05, 4.69) is 0 Å². The number of hydrogen-bond donors (Lipinski definition) is 0. The van der Waals surface area contributed by atoms with E-state index in [1.54, 1.807) is 14.2 Å². The van der Waals surface area contributed by atoms with Crippen LogP contribution in [0.1, 0.15) is 0 Å². The first-order chi connectivity index (χ1) is 12.6. The molecule has 0 aromatic heterocycles. The number of hydrogen-bond acceptors (Lipinski definition) is 7. The molecule has 5 nitrogen and oxygen atoms in total. The molecule has 0 heterocycles. The van der Waals surface area contributed by atoms with Crippen molar-refractivity contribution in [1.29, 1.82) is 0 Å². The molecule has 0 saturated carbocycles. The molecular weight excluding hydrogens is 567 g/mol. The second-order valence-corrected chi connectivity index (χ2v) is 6.58. The minimum absolute atomic E-state index is 0. The fraction of sp³-hybridized carbons (Fsp3) is 0.368. The van der Waals surface area contributed by atoms with Gasteiger partial charge in [-0.25, -0.2) is 4.71 Å². The molecule has 1 radical (unpaired) electrons. The van der Waals surface area contributed by atoms with Gasteiger partial charge in [0.1, 0.15) is 36.2 Å². The summed E-state index contributed by atoms with van der Waals surface area (Å²) in [5.41, 5.74) is 0. The Balaban J connectivity index is 0.00000364. The van der Waals surface area contributed by atoms with Gasteiger partial charge in [0.05, 0.1) is 14.2 Å². The smallest absolute Gasteiger partial charge is 0.119 e. The van der Waals surface area contributed by atoms with E-state index >= 15 is 0 Å². The zero-order valence-corrected chi connectivity index (χ0v) is 19.0. The fourth-order valence-corrected chi connectivity index (χ4v) is 2.65. The molecule has 0 saturated heterocycles. The van der Waals surface area contributed by atoms with Crippen molar-refractivity contribution in [3.63, 3.8) is 0 Å². The van der Waals surface area contributed by atoms with E-state index in [-0.39, 0.29) is 22.4 Å². The van der Waals surface area contributed by atoms with Crippen molar-refractivity contribution < 1.29 is 41.3 Å². The summed E-state index contributed by atoms with van der Waals surface area (Å²) in [4.78, 5) is 1.97. The zero-order valence-electron chi connectivity index (χ0n) is 15.2. The van der Waals surface area contributed by atoms with E-state index in [1.807, 2.05) is 53.4 Å². The van der Waals surface area contributed by atoms with Gasteiger partial charge in [-0.3, -0.25) is 0 Å². The molecule has 0 spiro atoms. The Morgan fingerprint density at radius 2 is 1.04 bits per heavy atom. The van der Waals surface area contributed by atoms with Crippen molar-refractivity contribution in [1.82, 2.24) is 4.90 Å². The molecule has 0 fully saturated rings. The molecule has 8 heteroatoms. The second kappa shape index (κ2) is 13.3. The topological polar surface area (TPSA) is 40.2 Å². The zero-order chi connectivity index (χ0) is 18.8. The maximum Gasteiger partial charge on any atom is 0.119 e. The Kier molecular flexibility index (Phi) is 11.8. The predicted octanol–water partition coefficient (Wildman–Crippen LogP) is 2.84. The summed E-state index contributed by atoms with van der Waals surface area (Å²) in [5, 5.41) is 0. The van der Waals surface area contributed by atoms with Crippen LogP contribution in [0, 0.1) is 0 Å².